The van der Waals surface area contributed by atoms with Crippen LogP contribution in [-0.4, -0.2) is 37.5 Å². The number of unbranched alkanes of at least 4 members (excludes halogenated alkanes) is 5. The standard InChI is InChI=1S/C17H35NO2/c1-2-3-4-5-6-7-13-20-15-17(19)14-18-12-11-16-9-8-10-16/h16-19H,2-15H2,1H3. The summed E-state index contributed by atoms with van der Waals surface area (Å²) in [5, 5.41) is 13.1. The predicted octanol–water partition coefficient (Wildman–Crippen LogP) is 3.50. The summed E-state index contributed by atoms with van der Waals surface area (Å²) in [5.74, 6) is 0.948. The summed E-state index contributed by atoms with van der Waals surface area (Å²) in [6.07, 6.45) is 12.9. The lowest BCUT2D eigenvalue weighted by Crippen LogP contribution is -2.32. The molecule has 1 saturated carbocycles. The number of aliphatic hydroxyl groups is 1. The van der Waals surface area contributed by atoms with Crippen LogP contribution in [0.3, 0.4) is 0 Å². The molecule has 0 aromatic carbocycles. The van der Waals surface area contributed by atoms with Crippen LogP contribution >= 0.6 is 0 Å². The zero-order valence-electron chi connectivity index (χ0n) is 13.4. The number of hydrogen-bond acceptors (Lipinski definition) is 3. The van der Waals surface area contributed by atoms with Gasteiger partial charge in [0, 0.05) is 13.2 Å². The van der Waals surface area contributed by atoms with Gasteiger partial charge >= 0.3 is 0 Å². The van der Waals surface area contributed by atoms with Gasteiger partial charge in [-0.15, -0.1) is 0 Å². The van der Waals surface area contributed by atoms with Crippen molar-refractivity contribution < 1.29 is 9.84 Å². The van der Waals surface area contributed by atoms with E-state index in [1.54, 1.807) is 0 Å². The number of ether oxygens (including phenoxy) is 1. The third-order valence-electron chi connectivity index (χ3n) is 4.29. The molecule has 0 radical (unpaired) electrons. The second-order valence-electron chi connectivity index (χ2n) is 6.29. The van der Waals surface area contributed by atoms with Crippen molar-refractivity contribution in [1.29, 1.82) is 0 Å². The van der Waals surface area contributed by atoms with Crippen molar-refractivity contribution >= 4 is 0 Å². The van der Waals surface area contributed by atoms with Gasteiger partial charge in [-0.1, -0.05) is 58.3 Å². The first-order valence-electron chi connectivity index (χ1n) is 8.79. The zero-order valence-corrected chi connectivity index (χ0v) is 13.4. The van der Waals surface area contributed by atoms with Crippen molar-refractivity contribution in [3.8, 4) is 0 Å². The predicted molar refractivity (Wildman–Crippen MR) is 85.0 cm³/mol. The topological polar surface area (TPSA) is 41.5 Å². The van der Waals surface area contributed by atoms with Crippen molar-refractivity contribution in [3.05, 3.63) is 0 Å². The van der Waals surface area contributed by atoms with Gasteiger partial charge in [0.25, 0.3) is 0 Å². The van der Waals surface area contributed by atoms with Gasteiger partial charge in [-0.3, -0.25) is 0 Å². The molecule has 1 fully saturated rings. The van der Waals surface area contributed by atoms with Crippen molar-refractivity contribution in [1.82, 2.24) is 5.32 Å². The monoisotopic (exact) mass is 285 g/mol. The summed E-state index contributed by atoms with van der Waals surface area (Å²) in [6.45, 7) is 5.23. The maximum Gasteiger partial charge on any atom is 0.0897 e. The first kappa shape index (κ1) is 17.9. The molecule has 2 N–H and O–H groups in total. The zero-order chi connectivity index (χ0) is 14.5. The minimum absolute atomic E-state index is 0.350. The molecule has 0 bridgehead atoms. The van der Waals surface area contributed by atoms with Crippen molar-refractivity contribution in [2.45, 2.75) is 77.2 Å². The second-order valence-corrected chi connectivity index (χ2v) is 6.29. The number of hydrogen-bond donors (Lipinski definition) is 2. The highest BCUT2D eigenvalue weighted by Crippen LogP contribution is 2.28. The molecular weight excluding hydrogens is 250 g/mol. The molecule has 1 unspecified atom stereocenters. The Kier molecular flexibility index (Phi) is 11.3. The molecule has 0 aromatic rings. The Morgan fingerprint density at radius 1 is 1.15 bits per heavy atom. The molecule has 1 aliphatic rings. The molecule has 1 aliphatic carbocycles. The Morgan fingerprint density at radius 2 is 1.90 bits per heavy atom. The normalized spacial score (nSPS) is 17.1. The first-order valence-corrected chi connectivity index (χ1v) is 8.79. The fourth-order valence-electron chi connectivity index (χ4n) is 2.62. The van der Waals surface area contributed by atoms with Crippen LogP contribution in [-0.2, 0) is 4.74 Å². The molecule has 0 heterocycles. The minimum atomic E-state index is -0.350. The highest BCUT2D eigenvalue weighted by atomic mass is 16.5. The molecule has 120 valence electrons. The molecule has 3 heteroatoms. The van der Waals surface area contributed by atoms with Crippen LogP contribution in [0.25, 0.3) is 0 Å². The Balaban J connectivity index is 1.74. The molecule has 0 aromatic heterocycles. The molecule has 1 rings (SSSR count). The summed E-state index contributed by atoms with van der Waals surface area (Å²) in [5.41, 5.74) is 0. The minimum Gasteiger partial charge on any atom is -0.389 e. The summed E-state index contributed by atoms with van der Waals surface area (Å²) < 4.78 is 5.52. The lowest BCUT2D eigenvalue weighted by atomic mass is 9.83. The second kappa shape index (κ2) is 12.6. The van der Waals surface area contributed by atoms with Crippen LogP contribution in [0.4, 0.5) is 0 Å². The lowest BCUT2D eigenvalue weighted by Gasteiger charge is -2.25. The molecule has 20 heavy (non-hydrogen) atoms. The van der Waals surface area contributed by atoms with Crippen molar-refractivity contribution in [3.63, 3.8) is 0 Å². The third kappa shape index (κ3) is 9.73. The Labute approximate surface area is 125 Å². The molecule has 0 aliphatic heterocycles. The lowest BCUT2D eigenvalue weighted by molar-refractivity contribution is 0.0352. The van der Waals surface area contributed by atoms with Crippen molar-refractivity contribution in [2.75, 3.05) is 26.3 Å². The highest BCUT2D eigenvalue weighted by molar-refractivity contribution is 4.70. The maximum absolute atomic E-state index is 9.77. The van der Waals surface area contributed by atoms with Gasteiger partial charge < -0.3 is 15.2 Å². The summed E-state index contributed by atoms with van der Waals surface area (Å²) >= 11 is 0. The van der Waals surface area contributed by atoms with Gasteiger partial charge in [0.05, 0.1) is 12.7 Å². The van der Waals surface area contributed by atoms with E-state index < -0.39 is 0 Å². The van der Waals surface area contributed by atoms with Crippen LogP contribution in [0.1, 0.15) is 71.1 Å². The van der Waals surface area contributed by atoms with Gasteiger partial charge in [0.15, 0.2) is 0 Å². The van der Waals surface area contributed by atoms with Gasteiger partial charge in [0.2, 0.25) is 0 Å². The summed E-state index contributed by atoms with van der Waals surface area (Å²) in [7, 11) is 0. The number of rotatable bonds is 14. The smallest absolute Gasteiger partial charge is 0.0897 e. The van der Waals surface area contributed by atoms with E-state index in [0.717, 1.165) is 25.5 Å². The fraction of sp³-hybridized carbons (Fsp3) is 1.00. The Hall–Kier alpha value is -0.120. The van der Waals surface area contributed by atoms with Crippen LogP contribution in [0.15, 0.2) is 0 Å². The van der Waals surface area contributed by atoms with Gasteiger partial charge in [-0.05, 0) is 25.3 Å². The molecule has 0 amide bonds. The van der Waals surface area contributed by atoms with Gasteiger partial charge in [-0.2, -0.15) is 0 Å². The summed E-state index contributed by atoms with van der Waals surface area (Å²) in [6, 6.07) is 0. The van der Waals surface area contributed by atoms with E-state index in [0.29, 0.717) is 13.2 Å². The largest absolute Gasteiger partial charge is 0.389 e. The molecule has 0 spiro atoms. The average Bonchev–Trinajstić information content (AvgIpc) is 2.39. The maximum atomic E-state index is 9.77. The van der Waals surface area contributed by atoms with E-state index in [4.69, 9.17) is 4.74 Å². The van der Waals surface area contributed by atoms with E-state index in [9.17, 15) is 5.11 Å². The van der Waals surface area contributed by atoms with Crippen LogP contribution in [0, 0.1) is 5.92 Å². The quantitative estimate of drug-likeness (QED) is 0.480. The van der Waals surface area contributed by atoms with E-state index in [1.165, 1.54) is 57.8 Å². The van der Waals surface area contributed by atoms with Gasteiger partial charge in [0.1, 0.15) is 0 Å². The number of aliphatic hydroxyl groups excluding tert-OH is 1. The van der Waals surface area contributed by atoms with E-state index in [1.807, 2.05) is 0 Å². The molecule has 3 nitrogen and oxygen atoms in total. The van der Waals surface area contributed by atoms with E-state index in [2.05, 4.69) is 12.2 Å². The van der Waals surface area contributed by atoms with E-state index in [-0.39, 0.29) is 6.10 Å². The van der Waals surface area contributed by atoms with Crippen LogP contribution in [0.5, 0.6) is 0 Å². The van der Waals surface area contributed by atoms with E-state index >= 15 is 0 Å². The highest BCUT2D eigenvalue weighted by Gasteiger charge is 2.16. The summed E-state index contributed by atoms with van der Waals surface area (Å²) in [4.78, 5) is 0. The molecule has 0 saturated heterocycles. The van der Waals surface area contributed by atoms with Crippen LogP contribution < -0.4 is 5.32 Å². The third-order valence-corrected chi connectivity index (χ3v) is 4.29. The molecular formula is C17H35NO2. The fourth-order valence-corrected chi connectivity index (χ4v) is 2.62. The average molecular weight is 285 g/mol. The Bertz CT molecular complexity index is 207. The van der Waals surface area contributed by atoms with Crippen LogP contribution in [0.2, 0.25) is 0 Å². The first-order chi connectivity index (χ1) is 9.83. The van der Waals surface area contributed by atoms with Crippen molar-refractivity contribution in [2.24, 2.45) is 5.92 Å². The SMILES string of the molecule is CCCCCCCCOCC(O)CNCCC1CCC1. The Morgan fingerprint density at radius 3 is 2.60 bits per heavy atom. The van der Waals surface area contributed by atoms with Gasteiger partial charge in [-0.25, -0.2) is 0 Å². The number of nitrogens with one attached hydrogen (secondary N) is 1. The molecule has 1 atom stereocenters.